The van der Waals surface area contributed by atoms with Crippen LogP contribution in [-0.2, 0) is 10.0 Å². The lowest BCUT2D eigenvalue weighted by atomic mass is 10.1. The molecule has 170 valence electrons. The van der Waals surface area contributed by atoms with Gasteiger partial charge in [-0.25, -0.2) is 13.2 Å². The molecule has 2 N–H and O–H groups in total. The van der Waals surface area contributed by atoms with E-state index in [0.29, 0.717) is 23.5 Å². The third kappa shape index (κ3) is 5.20. The van der Waals surface area contributed by atoms with E-state index < -0.39 is 14.6 Å². The molecular formula is C24H24N4O3S2. The van der Waals surface area contributed by atoms with Crippen molar-refractivity contribution in [3.05, 3.63) is 90.3 Å². The molecule has 0 aliphatic carbocycles. The summed E-state index contributed by atoms with van der Waals surface area (Å²) in [7, 11) is -2.05. The van der Waals surface area contributed by atoms with Crippen molar-refractivity contribution in [2.24, 2.45) is 0 Å². The molecule has 1 aliphatic heterocycles. The molecule has 1 aromatic heterocycles. The monoisotopic (exact) mass is 480 g/mol. The molecule has 0 radical (unpaired) electrons. The van der Waals surface area contributed by atoms with Crippen LogP contribution in [-0.4, -0.2) is 31.1 Å². The topological polar surface area (TPSA) is 91.4 Å². The van der Waals surface area contributed by atoms with Crippen LogP contribution in [0.3, 0.4) is 0 Å². The lowest BCUT2D eigenvalue weighted by Gasteiger charge is -2.23. The molecule has 7 nitrogen and oxygen atoms in total. The number of rotatable bonds is 6. The summed E-state index contributed by atoms with van der Waals surface area (Å²) in [6.45, 7) is 1.99. The lowest BCUT2D eigenvalue weighted by molar-refractivity contribution is 0.262. The summed E-state index contributed by atoms with van der Waals surface area (Å²) in [4.78, 5) is 17.3. The summed E-state index contributed by atoms with van der Waals surface area (Å²) >= 11 is 1.35. The molecule has 1 aliphatic rings. The number of hydrogen-bond acceptors (Lipinski definition) is 5. The Labute approximate surface area is 198 Å². The SMILES string of the molecule is Cc1ccncc1C1=CCC(S(=O)(=O)N(C)c2ccc(NC(=O)Nc3ccccc3)cc2)S1. The molecule has 0 saturated heterocycles. The first kappa shape index (κ1) is 22.9. The molecule has 2 heterocycles. The molecule has 2 aromatic carbocycles. The number of thioether (sulfide) groups is 1. The second-order valence-electron chi connectivity index (χ2n) is 7.55. The Balaban J connectivity index is 1.40. The quantitative estimate of drug-likeness (QED) is 0.499. The number of urea groups is 1. The Bertz CT molecular complexity index is 1280. The predicted molar refractivity (Wildman–Crippen MR) is 136 cm³/mol. The summed E-state index contributed by atoms with van der Waals surface area (Å²) < 4.78 is 27.2. The zero-order valence-corrected chi connectivity index (χ0v) is 19.9. The molecule has 0 fully saturated rings. The number of para-hydroxylation sites is 1. The Morgan fingerprint density at radius 2 is 1.70 bits per heavy atom. The third-order valence-electron chi connectivity index (χ3n) is 5.29. The average Bonchev–Trinajstić information content (AvgIpc) is 3.31. The van der Waals surface area contributed by atoms with Crippen molar-refractivity contribution >= 4 is 49.8 Å². The van der Waals surface area contributed by atoms with Gasteiger partial charge in [0.05, 0.1) is 5.69 Å². The smallest absolute Gasteiger partial charge is 0.308 e. The van der Waals surface area contributed by atoms with Crippen LogP contribution in [0.2, 0.25) is 0 Å². The summed E-state index contributed by atoms with van der Waals surface area (Å²) in [6.07, 6.45) is 5.89. The van der Waals surface area contributed by atoms with Crippen molar-refractivity contribution in [2.75, 3.05) is 22.0 Å². The number of nitrogens with zero attached hydrogens (tertiary/aromatic N) is 2. The highest BCUT2D eigenvalue weighted by Crippen LogP contribution is 2.43. The van der Waals surface area contributed by atoms with Crippen molar-refractivity contribution in [1.82, 2.24) is 4.98 Å². The minimum absolute atomic E-state index is 0.374. The van der Waals surface area contributed by atoms with Gasteiger partial charge < -0.3 is 10.6 Å². The number of sulfonamides is 1. The van der Waals surface area contributed by atoms with Gasteiger partial charge in [0.25, 0.3) is 0 Å². The van der Waals surface area contributed by atoms with Crippen molar-refractivity contribution in [3.8, 4) is 0 Å². The van der Waals surface area contributed by atoms with Crippen LogP contribution >= 0.6 is 11.8 Å². The van der Waals surface area contributed by atoms with Gasteiger partial charge in [0.15, 0.2) is 0 Å². The fourth-order valence-corrected chi connectivity index (χ4v) is 6.71. The van der Waals surface area contributed by atoms with Crippen molar-refractivity contribution in [2.45, 2.75) is 17.9 Å². The summed E-state index contributed by atoms with van der Waals surface area (Å²) in [5, 5.41) is 5.48. The highest BCUT2D eigenvalue weighted by atomic mass is 32.3. The highest BCUT2D eigenvalue weighted by Gasteiger charge is 2.34. The number of amides is 2. The molecule has 1 unspecified atom stereocenters. The van der Waals surface area contributed by atoms with Crippen molar-refractivity contribution in [3.63, 3.8) is 0 Å². The maximum atomic E-state index is 13.2. The van der Waals surface area contributed by atoms with Crippen LogP contribution in [0.1, 0.15) is 17.5 Å². The summed E-state index contributed by atoms with van der Waals surface area (Å²) in [6, 6.07) is 17.4. The highest BCUT2D eigenvalue weighted by molar-refractivity contribution is 8.19. The normalized spacial score (nSPS) is 15.6. The van der Waals surface area contributed by atoms with E-state index in [1.807, 2.05) is 37.3 Å². The molecule has 33 heavy (non-hydrogen) atoms. The second kappa shape index (κ2) is 9.68. The van der Waals surface area contributed by atoms with E-state index >= 15 is 0 Å². The van der Waals surface area contributed by atoms with Gasteiger partial charge in [-0.15, -0.1) is 11.8 Å². The zero-order chi connectivity index (χ0) is 23.4. The fourth-order valence-electron chi connectivity index (χ4n) is 3.41. The van der Waals surface area contributed by atoms with Gasteiger partial charge in [0, 0.05) is 41.3 Å². The van der Waals surface area contributed by atoms with Gasteiger partial charge >= 0.3 is 6.03 Å². The van der Waals surface area contributed by atoms with E-state index in [1.165, 1.54) is 16.1 Å². The number of aryl methyl sites for hydroxylation is 1. The Morgan fingerprint density at radius 3 is 2.36 bits per heavy atom. The molecule has 4 rings (SSSR count). The van der Waals surface area contributed by atoms with E-state index in [4.69, 9.17) is 0 Å². The first-order chi connectivity index (χ1) is 15.8. The number of benzene rings is 2. The number of nitrogens with one attached hydrogen (secondary N) is 2. The molecule has 1 atom stereocenters. The van der Waals surface area contributed by atoms with Crippen molar-refractivity contribution in [1.29, 1.82) is 0 Å². The Kier molecular flexibility index (Phi) is 6.71. The molecule has 2 amide bonds. The molecule has 9 heteroatoms. The number of anilines is 3. The van der Waals surface area contributed by atoms with E-state index in [0.717, 1.165) is 16.0 Å². The largest absolute Gasteiger partial charge is 0.323 e. The van der Waals surface area contributed by atoms with Crippen LogP contribution in [0.4, 0.5) is 21.9 Å². The molecular weight excluding hydrogens is 456 g/mol. The maximum absolute atomic E-state index is 13.2. The number of aromatic nitrogens is 1. The maximum Gasteiger partial charge on any atom is 0.323 e. The van der Waals surface area contributed by atoms with E-state index in [2.05, 4.69) is 15.6 Å². The number of pyridine rings is 1. The molecule has 0 bridgehead atoms. The Hall–Kier alpha value is -3.30. The minimum Gasteiger partial charge on any atom is -0.308 e. The summed E-state index contributed by atoms with van der Waals surface area (Å²) in [5.41, 5.74) is 3.79. The first-order valence-corrected chi connectivity index (χ1v) is 12.7. The fraction of sp³-hybridized carbons (Fsp3) is 0.167. The standard InChI is InChI=1S/C24H24N4O3S2/c1-17-14-15-25-16-21(17)22-12-13-23(32-22)33(30,31)28(2)20-10-8-19(9-11-20)27-24(29)26-18-6-4-3-5-7-18/h3-12,14-16,23H,13H2,1-2H3,(H2,26,27,29). The van der Waals surface area contributed by atoms with Crippen LogP contribution in [0, 0.1) is 6.92 Å². The number of carbonyl (C=O) groups excluding carboxylic acids is 1. The van der Waals surface area contributed by atoms with Crippen LogP contribution in [0.15, 0.2) is 79.1 Å². The molecule has 0 saturated carbocycles. The van der Waals surface area contributed by atoms with Gasteiger partial charge in [0.2, 0.25) is 10.0 Å². The lowest BCUT2D eigenvalue weighted by Crippen LogP contribution is -2.33. The Morgan fingerprint density at radius 1 is 1.03 bits per heavy atom. The summed E-state index contributed by atoms with van der Waals surface area (Å²) in [5.74, 6) is 0. The van der Waals surface area contributed by atoms with Gasteiger partial charge in [-0.1, -0.05) is 24.3 Å². The van der Waals surface area contributed by atoms with Crippen LogP contribution in [0.25, 0.3) is 4.91 Å². The van der Waals surface area contributed by atoms with Crippen LogP contribution < -0.4 is 14.9 Å². The zero-order valence-electron chi connectivity index (χ0n) is 18.2. The van der Waals surface area contributed by atoms with Crippen LogP contribution in [0.5, 0.6) is 0 Å². The van der Waals surface area contributed by atoms with Gasteiger partial charge in [-0.2, -0.15) is 0 Å². The third-order valence-corrected chi connectivity index (χ3v) is 9.24. The van der Waals surface area contributed by atoms with E-state index in [1.54, 1.807) is 55.8 Å². The number of carbonyl (C=O) groups is 1. The second-order valence-corrected chi connectivity index (χ2v) is 11.2. The molecule has 3 aromatic rings. The number of hydrogen-bond donors (Lipinski definition) is 2. The molecule has 0 spiro atoms. The van der Waals surface area contributed by atoms with E-state index in [9.17, 15) is 13.2 Å². The predicted octanol–water partition coefficient (Wildman–Crippen LogP) is 5.30. The number of allylic oxidation sites excluding steroid dienone is 1. The minimum atomic E-state index is -3.60. The van der Waals surface area contributed by atoms with Gasteiger partial charge in [-0.05, 0) is 61.4 Å². The van der Waals surface area contributed by atoms with Crippen molar-refractivity contribution < 1.29 is 13.2 Å². The van der Waals surface area contributed by atoms with Gasteiger partial charge in [-0.3, -0.25) is 9.29 Å². The average molecular weight is 481 g/mol. The van der Waals surface area contributed by atoms with E-state index in [-0.39, 0.29) is 6.03 Å². The first-order valence-electron chi connectivity index (χ1n) is 10.3. The van der Waals surface area contributed by atoms with Gasteiger partial charge in [0.1, 0.15) is 4.58 Å².